The predicted molar refractivity (Wildman–Crippen MR) is 94.7 cm³/mol. The van der Waals surface area contributed by atoms with Crippen molar-refractivity contribution in [3.8, 4) is 11.4 Å². The molecule has 0 amide bonds. The Hall–Kier alpha value is -2.39. The highest BCUT2D eigenvalue weighted by Crippen LogP contribution is 2.29. The molecule has 10 heteroatoms. The molecular weight excluding hydrogens is 403 g/mol. The van der Waals surface area contributed by atoms with Crippen molar-refractivity contribution in [1.29, 1.82) is 0 Å². The van der Waals surface area contributed by atoms with Crippen LogP contribution in [-0.4, -0.2) is 20.6 Å². The lowest BCUT2D eigenvalue weighted by atomic mass is 10.1. The van der Waals surface area contributed by atoms with Gasteiger partial charge >= 0.3 is 12.1 Å². The molecule has 0 radical (unpaired) electrons. The second-order valence-corrected chi connectivity index (χ2v) is 8.44. The molecule has 0 aliphatic heterocycles. The van der Waals surface area contributed by atoms with Gasteiger partial charge in [0.05, 0.1) is 16.3 Å². The first-order valence-electron chi connectivity index (χ1n) is 7.59. The molecule has 0 fully saturated rings. The van der Waals surface area contributed by atoms with Crippen LogP contribution in [0.4, 0.5) is 13.2 Å². The monoisotopic (exact) mass is 415 g/mol. The zero-order valence-corrected chi connectivity index (χ0v) is 15.5. The van der Waals surface area contributed by atoms with E-state index < -0.39 is 21.8 Å². The van der Waals surface area contributed by atoms with Crippen LogP contribution < -0.4 is 0 Å². The minimum absolute atomic E-state index is 0.107. The highest BCUT2D eigenvalue weighted by molar-refractivity contribution is 7.93. The van der Waals surface area contributed by atoms with Gasteiger partial charge in [0.2, 0.25) is 5.82 Å². The van der Waals surface area contributed by atoms with Crippen molar-refractivity contribution < 1.29 is 21.9 Å². The Balaban J connectivity index is 1.85. The zero-order chi connectivity index (χ0) is 19.7. The Labute approximate surface area is 158 Å². The summed E-state index contributed by atoms with van der Waals surface area (Å²) in [6.07, 6.45) is -3.20. The molecule has 1 aromatic heterocycles. The van der Waals surface area contributed by atoms with E-state index in [9.17, 15) is 17.4 Å². The molecule has 0 N–H and O–H groups in total. The summed E-state index contributed by atoms with van der Waals surface area (Å²) in [4.78, 5) is 3.89. The van der Waals surface area contributed by atoms with E-state index in [1.165, 1.54) is 6.26 Å². The zero-order valence-electron chi connectivity index (χ0n) is 13.9. The fourth-order valence-electron chi connectivity index (χ4n) is 2.22. The van der Waals surface area contributed by atoms with Crippen molar-refractivity contribution in [3.63, 3.8) is 0 Å². The van der Waals surface area contributed by atoms with Crippen molar-refractivity contribution in [1.82, 2.24) is 10.1 Å². The standard InChI is InChI=1S/C17H13ClF3N3O2S/c1-27(25,14-7-5-13(18)6-8-14)22-10-11-3-2-4-12(9-11)15-23-16(26-24-15)17(19,20)21/h2-9H,10H2,1H3. The van der Waals surface area contributed by atoms with E-state index in [1.54, 1.807) is 48.5 Å². The van der Waals surface area contributed by atoms with E-state index in [2.05, 4.69) is 19.0 Å². The van der Waals surface area contributed by atoms with Crippen molar-refractivity contribution in [3.05, 3.63) is 65.0 Å². The molecule has 0 spiro atoms. The summed E-state index contributed by atoms with van der Waals surface area (Å²) in [5.41, 5.74) is 0.991. The fourth-order valence-corrected chi connectivity index (χ4v) is 3.54. The number of rotatable bonds is 4. The van der Waals surface area contributed by atoms with Crippen LogP contribution in [-0.2, 0) is 22.5 Å². The first-order chi connectivity index (χ1) is 12.6. The second kappa shape index (κ2) is 7.32. The largest absolute Gasteiger partial charge is 0.471 e. The molecule has 3 aromatic rings. The van der Waals surface area contributed by atoms with Crippen LogP contribution >= 0.6 is 11.6 Å². The van der Waals surface area contributed by atoms with E-state index in [1.807, 2.05) is 0 Å². The Morgan fingerprint density at radius 3 is 2.52 bits per heavy atom. The molecule has 0 aliphatic rings. The summed E-state index contributed by atoms with van der Waals surface area (Å²) in [6.45, 7) is 0.107. The van der Waals surface area contributed by atoms with Gasteiger partial charge in [-0.05, 0) is 35.9 Å². The van der Waals surface area contributed by atoms with Crippen LogP contribution in [0.3, 0.4) is 0 Å². The van der Waals surface area contributed by atoms with Gasteiger partial charge in [-0.2, -0.15) is 18.2 Å². The van der Waals surface area contributed by atoms with Gasteiger partial charge in [0.25, 0.3) is 0 Å². The molecule has 1 atom stereocenters. The lowest BCUT2D eigenvalue weighted by Crippen LogP contribution is -2.04. The predicted octanol–water partition coefficient (Wildman–Crippen LogP) is 5.07. The topological polar surface area (TPSA) is 68.3 Å². The number of alkyl halides is 3. The molecule has 1 unspecified atom stereocenters. The second-order valence-electron chi connectivity index (χ2n) is 5.66. The molecule has 5 nitrogen and oxygen atoms in total. The van der Waals surface area contributed by atoms with E-state index in [-0.39, 0.29) is 12.4 Å². The number of nitrogens with zero attached hydrogens (tertiary/aromatic N) is 3. The number of hydrogen-bond acceptors (Lipinski definition) is 5. The third-order valence-corrected chi connectivity index (χ3v) is 5.62. The van der Waals surface area contributed by atoms with Gasteiger partial charge < -0.3 is 4.52 Å². The van der Waals surface area contributed by atoms with Crippen LogP contribution in [0.1, 0.15) is 11.5 Å². The fraction of sp³-hybridized carbons (Fsp3) is 0.176. The molecule has 3 rings (SSSR count). The van der Waals surface area contributed by atoms with Gasteiger partial charge in [-0.15, -0.1) is 0 Å². The van der Waals surface area contributed by atoms with Crippen LogP contribution in [0.5, 0.6) is 0 Å². The summed E-state index contributed by atoms with van der Waals surface area (Å²) in [6, 6.07) is 13.0. The molecule has 142 valence electrons. The van der Waals surface area contributed by atoms with Crippen LogP contribution in [0.15, 0.2) is 62.3 Å². The Bertz CT molecular complexity index is 1070. The maximum atomic E-state index is 12.8. The smallest absolute Gasteiger partial charge is 0.329 e. The highest BCUT2D eigenvalue weighted by Gasteiger charge is 2.38. The van der Waals surface area contributed by atoms with Crippen LogP contribution in [0, 0.1) is 0 Å². The van der Waals surface area contributed by atoms with Gasteiger partial charge in [-0.25, -0.2) is 8.57 Å². The molecular formula is C17H13ClF3N3O2S. The molecule has 0 saturated heterocycles. The van der Waals surface area contributed by atoms with Crippen molar-refractivity contribution in [2.24, 2.45) is 4.36 Å². The lowest BCUT2D eigenvalue weighted by molar-refractivity contribution is -0.159. The average molecular weight is 416 g/mol. The maximum absolute atomic E-state index is 12.8. The van der Waals surface area contributed by atoms with Crippen LogP contribution in [0.25, 0.3) is 11.4 Å². The third kappa shape index (κ3) is 4.67. The summed E-state index contributed by atoms with van der Waals surface area (Å²) in [7, 11) is -2.65. The maximum Gasteiger partial charge on any atom is 0.471 e. The van der Waals surface area contributed by atoms with E-state index >= 15 is 0 Å². The lowest BCUT2D eigenvalue weighted by Gasteiger charge is -2.05. The SMILES string of the molecule is CS(=O)(=NCc1cccc(-c2noc(C(F)(F)F)n2)c1)c1ccc(Cl)cc1. The van der Waals surface area contributed by atoms with Crippen molar-refractivity contribution in [2.45, 2.75) is 17.6 Å². The summed E-state index contributed by atoms with van der Waals surface area (Å²) < 4.78 is 59.0. The molecule has 27 heavy (non-hydrogen) atoms. The van der Waals surface area contributed by atoms with Gasteiger partial charge in [0, 0.05) is 21.7 Å². The number of benzene rings is 2. The Morgan fingerprint density at radius 1 is 1.19 bits per heavy atom. The summed E-state index contributed by atoms with van der Waals surface area (Å²) in [5.74, 6) is -1.59. The van der Waals surface area contributed by atoms with E-state index in [0.717, 1.165) is 0 Å². The molecule has 0 bridgehead atoms. The molecule has 2 aromatic carbocycles. The summed E-state index contributed by atoms with van der Waals surface area (Å²) >= 11 is 5.83. The molecule has 1 heterocycles. The molecule has 0 saturated carbocycles. The van der Waals surface area contributed by atoms with Crippen LogP contribution in [0.2, 0.25) is 5.02 Å². The number of aromatic nitrogens is 2. The third-order valence-electron chi connectivity index (χ3n) is 3.60. The van der Waals surface area contributed by atoms with E-state index in [4.69, 9.17) is 11.6 Å². The van der Waals surface area contributed by atoms with Gasteiger partial charge in [-0.1, -0.05) is 35.0 Å². The first-order valence-corrected chi connectivity index (χ1v) is 9.89. The van der Waals surface area contributed by atoms with Crippen molar-refractivity contribution >= 4 is 21.3 Å². The summed E-state index contributed by atoms with van der Waals surface area (Å²) in [5, 5.41) is 3.88. The van der Waals surface area contributed by atoms with Gasteiger partial charge in [0.1, 0.15) is 0 Å². The average Bonchev–Trinajstić information content (AvgIpc) is 3.11. The normalized spacial score (nSPS) is 14.0. The minimum atomic E-state index is -4.70. The van der Waals surface area contributed by atoms with E-state index in [0.29, 0.717) is 21.0 Å². The quantitative estimate of drug-likeness (QED) is 0.596. The highest BCUT2D eigenvalue weighted by atomic mass is 35.5. The van der Waals surface area contributed by atoms with Gasteiger partial charge in [-0.3, -0.25) is 0 Å². The Morgan fingerprint density at radius 2 is 1.89 bits per heavy atom. The van der Waals surface area contributed by atoms with Crippen molar-refractivity contribution in [2.75, 3.05) is 6.26 Å². The number of halogens is 4. The van der Waals surface area contributed by atoms with Gasteiger partial charge in [0.15, 0.2) is 0 Å². The number of hydrogen-bond donors (Lipinski definition) is 0. The Kier molecular flexibility index (Phi) is 5.25. The molecule has 0 aliphatic carbocycles. The first kappa shape index (κ1) is 19.4. The minimum Gasteiger partial charge on any atom is -0.329 e.